The van der Waals surface area contributed by atoms with Gasteiger partial charge in [0.15, 0.2) is 5.69 Å². The van der Waals surface area contributed by atoms with Crippen molar-refractivity contribution in [3.63, 3.8) is 0 Å². The third-order valence-electron chi connectivity index (χ3n) is 5.20. The van der Waals surface area contributed by atoms with Gasteiger partial charge in [-0.25, -0.2) is 19.7 Å². The van der Waals surface area contributed by atoms with Gasteiger partial charge in [0.05, 0.1) is 18.1 Å². The largest absolute Gasteiger partial charge is 0.452 e. The van der Waals surface area contributed by atoms with Gasteiger partial charge in [0.1, 0.15) is 5.60 Å². The van der Waals surface area contributed by atoms with E-state index in [1.54, 1.807) is 43.9 Å². The molecule has 1 atom stereocenters. The maximum Gasteiger partial charge on any atom is 0.452 e. The summed E-state index contributed by atoms with van der Waals surface area (Å²) in [5.41, 5.74) is -1.14. The monoisotopic (exact) mass is 518 g/mol. The summed E-state index contributed by atoms with van der Waals surface area (Å²) in [6.45, 7) is 6.27. The van der Waals surface area contributed by atoms with Gasteiger partial charge in [-0.2, -0.15) is 13.2 Å². The molecule has 37 heavy (non-hydrogen) atoms. The van der Waals surface area contributed by atoms with Gasteiger partial charge in [0, 0.05) is 24.7 Å². The molecule has 0 spiro atoms. The highest BCUT2D eigenvalue weighted by molar-refractivity contribution is 6.03. The van der Waals surface area contributed by atoms with Gasteiger partial charge in [-0.3, -0.25) is 4.79 Å². The van der Waals surface area contributed by atoms with Crippen LogP contribution in [0, 0.1) is 0 Å². The molecule has 3 aromatic rings. The molecule has 3 heterocycles. The van der Waals surface area contributed by atoms with E-state index < -0.39 is 35.2 Å². The minimum Gasteiger partial charge on any atom is -0.444 e. The van der Waals surface area contributed by atoms with E-state index in [9.17, 15) is 22.8 Å². The molecule has 1 aliphatic heterocycles. The molecule has 0 bridgehead atoms. The SMILES string of the molecule is CC(C)(C)OC(=O)N1CC[C@H](Nc2ncc(NC(=O)c3nc(-c4ccccc4)oc3C(F)(F)F)cn2)C1. The molecule has 196 valence electrons. The Morgan fingerprint density at radius 1 is 1.11 bits per heavy atom. The molecule has 1 aromatic carbocycles. The number of halogens is 3. The maximum absolute atomic E-state index is 13.5. The fourth-order valence-corrected chi connectivity index (χ4v) is 3.58. The Bertz CT molecular complexity index is 1260. The number of amides is 2. The fourth-order valence-electron chi connectivity index (χ4n) is 3.58. The molecule has 2 amide bonds. The van der Waals surface area contributed by atoms with Gasteiger partial charge in [-0.05, 0) is 39.3 Å². The van der Waals surface area contributed by atoms with Crippen LogP contribution in [0.1, 0.15) is 43.4 Å². The van der Waals surface area contributed by atoms with Gasteiger partial charge >= 0.3 is 12.3 Å². The number of anilines is 2. The normalized spacial score (nSPS) is 15.9. The lowest BCUT2D eigenvalue weighted by Crippen LogP contribution is -2.36. The van der Waals surface area contributed by atoms with Crippen molar-refractivity contribution in [2.24, 2.45) is 0 Å². The number of hydrogen-bond acceptors (Lipinski definition) is 8. The third-order valence-corrected chi connectivity index (χ3v) is 5.20. The van der Waals surface area contributed by atoms with E-state index in [1.807, 2.05) is 0 Å². The number of nitrogens with one attached hydrogen (secondary N) is 2. The van der Waals surface area contributed by atoms with Gasteiger partial charge in [0.2, 0.25) is 17.6 Å². The first-order chi connectivity index (χ1) is 17.4. The van der Waals surface area contributed by atoms with Crippen molar-refractivity contribution in [2.75, 3.05) is 23.7 Å². The van der Waals surface area contributed by atoms with Gasteiger partial charge in [-0.15, -0.1) is 0 Å². The average Bonchev–Trinajstić information content (AvgIpc) is 3.48. The van der Waals surface area contributed by atoms with Crippen LogP contribution in [-0.4, -0.2) is 56.6 Å². The van der Waals surface area contributed by atoms with Crippen LogP contribution in [0.15, 0.2) is 47.1 Å². The van der Waals surface area contributed by atoms with Crippen LogP contribution < -0.4 is 10.6 Å². The van der Waals surface area contributed by atoms with Crippen molar-refractivity contribution < 1.29 is 31.9 Å². The lowest BCUT2D eigenvalue weighted by molar-refractivity contribution is -0.153. The summed E-state index contributed by atoms with van der Waals surface area (Å²) in [5.74, 6) is -2.71. The van der Waals surface area contributed by atoms with Crippen LogP contribution in [0.5, 0.6) is 0 Å². The third kappa shape index (κ3) is 6.54. The van der Waals surface area contributed by atoms with Crippen LogP contribution in [0.3, 0.4) is 0 Å². The van der Waals surface area contributed by atoms with Crippen molar-refractivity contribution in [1.29, 1.82) is 0 Å². The molecular formula is C24H25F3N6O4. The summed E-state index contributed by atoms with van der Waals surface area (Å²) in [4.78, 5) is 38.4. The van der Waals surface area contributed by atoms with Crippen molar-refractivity contribution in [2.45, 2.75) is 45.0 Å². The Balaban J connectivity index is 1.40. The summed E-state index contributed by atoms with van der Waals surface area (Å²) in [7, 11) is 0. The number of likely N-dealkylation sites (tertiary alicyclic amines) is 1. The van der Waals surface area contributed by atoms with Crippen molar-refractivity contribution >= 4 is 23.6 Å². The molecule has 0 saturated carbocycles. The van der Waals surface area contributed by atoms with E-state index in [2.05, 4.69) is 25.6 Å². The molecule has 13 heteroatoms. The molecule has 10 nitrogen and oxygen atoms in total. The minimum atomic E-state index is -4.93. The Hall–Kier alpha value is -4.16. The molecule has 0 aliphatic carbocycles. The van der Waals surface area contributed by atoms with Crippen molar-refractivity contribution in [1.82, 2.24) is 19.9 Å². The second kappa shape index (κ2) is 10.1. The number of oxazole rings is 1. The Morgan fingerprint density at radius 3 is 2.41 bits per heavy atom. The standard InChI is InChI=1S/C24H25F3N6O4/c1-23(2,3)37-22(35)33-10-9-15(13-33)31-21-28-11-16(12-29-21)30-19(34)17-18(24(25,26)27)36-20(32-17)14-7-5-4-6-8-14/h4-8,11-12,15H,9-10,13H2,1-3H3,(H,30,34)(H,28,29,31)/t15-/m0/s1. The number of rotatable bonds is 5. The number of benzene rings is 1. The van der Waals surface area contributed by atoms with E-state index in [0.717, 1.165) is 0 Å². The smallest absolute Gasteiger partial charge is 0.444 e. The maximum atomic E-state index is 13.5. The van der Waals surface area contributed by atoms with E-state index >= 15 is 0 Å². The number of hydrogen-bond donors (Lipinski definition) is 2. The zero-order valence-corrected chi connectivity index (χ0v) is 20.3. The van der Waals surface area contributed by atoms with E-state index in [0.29, 0.717) is 25.1 Å². The summed E-state index contributed by atoms with van der Waals surface area (Å²) < 4.78 is 50.8. The lowest BCUT2D eigenvalue weighted by Gasteiger charge is -2.24. The fraction of sp³-hybridized carbons (Fsp3) is 0.375. The predicted molar refractivity (Wildman–Crippen MR) is 127 cm³/mol. The van der Waals surface area contributed by atoms with Gasteiger partial charge in [-0.1, -0.05) is 18.2 Å². The van der Waals surface area contributed by atoms with Crippen LogP contribution in [0.25, 0.3) is 11.5 Å². The van der Waals surface area contributed by atoms with Crippen molar-refractivity contribution in [3.05, 3.63) is 54.2 Å². The lowest BCUT2D eigenvalue weighted by atomic mass is 10.2. The summed E-state index contributed by atoms with van der Waals surface area (Å²) >= 11 is 0. The van der Waals surface area contributed by atoms with E-state index in [1.165, 1.54) is 24.5 Å². The molecule has 4 rings (SSSR count). The van der Waals surface area contributed by atoms with E-state index in [4.69, 9.17) is 9.15 Å². The van der Waals surface area contributed by atoms with Crippen LogP contribution in [-0.2, 0) is 10.9 Å². The molecular weight excluding hydrogens is 493 g/mol. The molecule has 2 N–H and O–H groups in total. The van der Waals surface area contributed by atoms with Gasteiger partial charge < -0.3 is 24.7 Å². The molecule has 0 radical (unpaired) electrons. The van der Waals surface area contributed by atoms with Crippen molar-refractivity contribution in [3.8, 4) is 11.5 Å². The predicted octanol–water partition coefficient (Wildman–Crippen LogP) is 4.82. The van der Waals surface area contributed by atoms with Crippen LogP contribution in [0.4, 0.5) is 29.6 Å². The van der Waals surface area contributed by atoms with Crippen LogP contribution in [0.2, 0.25) is 0 Å². The molecule has 0 unspecified atom stereocenters. The average molecular weight is 518 g/mol. The second-order valence-electron chi connectivity index (χ2n) is 9.37. The van der Waals surface area contributed by atoms with Crippen LogP contribution >= 0.6 is 0 Å². The highest BCUT2D eigenvalue weighted by Crippen LogP contribution is 2.35. The number of ether oxygens (including phenoxy) is 1. The minimum absolute atomic E-state index is 0.0646. The second-order valence-corrected chi connectivity index (χ2v) is 9.37. The number of nitrogens with zero attached hydrogens (tertiary/aromatic N) is 4. The summed E-state index contributed by atoms with van der Waals surface area (Å²) in [6, 6.07) is 7.83. The first-order valence-corrected chi connectivity index (χ1v) is 11.4. The highest BCUT2D eigenvalue weighted by Gasteiger charge is 2.42. The number of carbonyl (C=O) groups is 2. The number of alkyl halides is 3. The molecule has 1 saturated heterocycles. The topological polar surface area (TPSA) is 122 Å². The first-order valence-electron chi connectivity index (χ1n) is 11.4. The van der Waals surface area contributed by atoms with Gasteiger partial charge in [0.25, 0.3) is 5.91 Å². The number of aromatic nitrogens is 3. The summed E-state index contributed by atoms with van der Waals surface area (Å²) in [6.07, 6.45) is -2.18. The molecule has 1 aliphatic rings. The Labute approximate surface area is 210 Å². The zero-order chi connectivity index (χ0) is 26.8. The summed E-state index contributed by atoms with van der Waals surface area (Å²) in [5, 5.41) is 5.41. The molecule has 1 fully saturated rings. The zero-order valence-electron chi connectivity index (χ0n) is 20.3. The first kappa shape index (κ1) is 25.9. The number of carbonyl (C=O) groups excluding carboxylic acids is 2. The quantitative estimate of drug-likeness (QED) is 0.493. The Kier molecular flexibility index (Phi) is 7.05. The Morgan fingerprint density at radius 2 is 1.78 bits per heavy atom. The highest BCUT2D eigenvalue weighted by atomic mass is 19.4. The molecule has 2 aromatic heterocycles. The van der Waals surface area contributed by atoms with E-state index in [-0.39, 0.29) is 23.6 Å².